The summed E-state index contributed by atoms with van der Waals surface area (Å²) in [6.45, 7) is 0. The molecule has 0 aliphatic heterocycles. The first-order valence-corrected chi connectivity index (χ1v) is 22.4. The van der Waals surface area contributed by atoms with Crippen molar-refractivity contribution in [3.63, 3.8) is 0 Å². The lowest BCUT2D eigenvalue weighted by Gasteiger charge is -2.11. The molecule has 274 valence electrons. The average molecular weight is 824 g/mol. The molecular formula is C52H26ClN3S3. The molecule has 0 fully saturated rings. The van der Waals surface area contributed by atoms with Crippen LogP contribution >= 0.6 is 45.6 Å². The Hall–Kier alpha value is -6.41. The highest BCUT2D eigenvalue weighted by Crippen LogP contribution is 2.50. The summed E-state index contributed by atoms with van der Waals surface area (Å²) in [4.78, 5) is 9.88. The van der Waals surface area contributed by atoms with Crippen LogP contribution in [0.5, 0.6) is 0 Å². The predicted molar refractivity (Wildman–Crippen MR) is 258 cm³/mol. The van der Waals surface area contributed by atoms with Gasteiger partial charge in [-0.1, -0.05) is 115 Å². The van der Waals surface area contributed by atoms with Crippen LogP contribution in [0.4, 0.5) is 0 Å². The molecule has 5 heterocycles. The van der Waals surface area contributed by atoms with Gasteiger partial charge in [0.15, 0.2) is 0 Å². The van der Waals surface area contributed by atoms with Crippen molar-refractivity contribution in [2.75, 3.05) is 0 Å². The standard InChI is InChI=1S/C52H26ClN3S3/c53-52-54-46(51-47(55-52)44-31-13-3-1-11-29(31)30-12-2-5-15-33(30)49(44)59-51)27-21-23-41-37(25-27)38-26-28(22-24-42(38)57-41)56-39-19-9-7-17-35(39)43-32-14-4-6-16-34(32)50-45(48(43)56)36-18-8-10-20-40(36)58-50/h1-26H. The molecule has 0 bridgehead atoms. The maximum atomic E-state index is 6.85. The Morgan fingerprint density at radius 1 is 0.407 bits per heavy atom. The van der Waals surface area contributed by atoms with Gasteiger partial charge in [-0.25, -0.2) is 9.97 Å². The van der Waals surface area contributed by atoms with Crippen molar-refractivity contribution in [3.05, 3.63) is 163 Å². The minimum Gasteiger partial charge on any atom is -0.309 e. The fourth-order valence-corrected chi connectivity index (χ4v) is 13.7. The summed E-state index contributed by atoms with van der Waals surface area (Å²) < 4.78 is 9.92. The van der Waals surface area contributed by atoms with E-state index in [2.05, 4.69) is 162 Å². The molecule has 0 aliphatic rings. The summed E-state index contributed by atoms with van der Waals surface area (Å²) in [5.41, 5.74) is 6.43. The molecular weight excluding hydrogens is 798 g/mol. The van der Waals surface area contributed by atoms with Crippen LogP contribution in [0.2, 0.25) is 5.28 Å². The Morgan fingerprint density at radius 2 is 0.983 bits per heavy atom. The van der Waals surface area contributed by atoms with Gasteiger partial charge in [-0.2, -0.15) is 0 Å². The van der Waals surface area contributed by atoms with E-state index in [-0.39, 0.29) is 5.28 Å². The molecule has 0 unspecified atom stereocenters. The maximum absolute atomic E-state index is 6.85. The fourth-order valence-electron chi connectivity index (χ4n) is 9.88. The molecule has 0 amide bonds. The second-order valence-corrected chi connectivity index (χ2v) is 18.8. The zero-order chi connectivity index (χ0) is 38.5. The van der Waals surface area contributed by atoms with Crippen molar-refractivity contribution < 1.29 is 0 Å². The van der Waals surface area contributed by atoms with Crippen molar-refractivity contribution in [2.45, 2.75) is 0 Å². The van der Waals surface area contributed by atoms with E-state index in [0.717, 1.165) is 32.5 Å². The molecule has 9 aromatic carbocycles. The van der Waals surface area contributed by atoms with E-state index in [0.29, 0.717) is 0 Å². The van der Waals surface area contributed by atoms with Crippen LogP contribution < -0.4 is 0 Å². The van der Waals surface area contributed by atoms with Gasteiger partial charge in [-0.05, 0) is 75.6 Å². The van der Waals surface area contributed by atoms with Crippen molar-refractivity contribution >= 4 is 160 Å². The van der Waals surface area contributed by atoms with E-state index in [1.807, 2.05) is 22.7 Å². The number of nitrogens with zero attached hydrogens (tertiary/aromatic N) is 3. The zero-order valence-electron chi connectivity index (χ0n) is 31.0. The van der Waals surface area contributed by atoms with Gasteiger partial charge in [0.2, 0.25) is 5.28 Å². The topological polar surface area (TPSA) is 30.7 Å². The SMILES string of the molecule is Clc1nc(-c2ccc3sc4ccc(-n5c6ccccc6c6c7ccccc7c7sc8ccccc8c7c65)cc4c3c2)c2sc3c4ccccc4c4ccccc4c3c2n1. The van der Waals surface area contributed by atoms with Gasteiger partial charge in [0.05, 0.1) is 26.9 Å². The number of halogens is 1. The Morgan fingerprint density at radius 3 is 1.78 bits per heavy atom. The molecule has 7 heteroatoms. The third-order valence-corrected chi connectivity index (χ3v) is 16.0. The summed E-state index contributed by atoms with van der Waals surface area (Å²) in [7, 11) is 0. The summed E-state index contributed by atoms with van der Waals surface area (Å²) >= 11 is 12.4. The molecule has 0 N–H and O–H groups in total. The molecule has 3 nitrogen and oxygen atoms in total. The van der Waals surface area contributed by atoms with Gasteiger partial charge in [0.1, 0.15) is 0 Å². The second kappa shape index (κ2) is 11.8. The molecule has 0 aliphatic carbocycles. The third kappa shape index (κ3) is 4.36. The highest BCUT2D eigenvalue weighted by Gasteiger charge is 2.23. The maximum Gasteiger partial charge on any atom is 0.223 e. The Balaban J connectivity index is 1.05. The van der Waals surface area contributed by atoms with E-state index in [1.54, 1.807) is 11.3 Å². The average Bonchev–Trinajstić information content (AvgIpc) is 4.05. The molecule has 14 rings (SSSR count). The Kier molecular flexibility index (Phi) is 6.53. The van der Waals surface area contributed by atoms with E-state index < -0.39 is 0 Å². The summed E-state index contributed by atoms with van der Waals surface area (Å²) in [5, 5.41) is 16.5. The number of hydrogen-bond donors (Lipinski definition) is 0. The van der Waals surface area contributed by atoms with Gasteiger partial charge in [-0.3, -0.25) is 0 Å². The molecule has 0 spiro atoms. The lowest BCUT2D eigenvalue weighted by molar-refractivity contribution is 1.19. The number of aromatic nitrogens is 3. The summed E-state index contributed by atoms with van der Waals surface area (Å²) in [5.74, 6) is 0. The van der Waals surface area contributed by atoms with Gasteiger partial charge in [-0.15, -0.1) is 34.0 Å². The van der Waals surface area contributed by atoms with Crippen LogP contribution in [0, 0.1) is 0 Å². The molecule has 59 heavy (non-hydrogen) atoms. The van der Waals surface area contributed by atoms with Crippen LogP contribution in [0.15, 0.2) is 158 Å². The van der Waals surface area contributed by atoms with Crippen LogP contribution in [-0.2, 0) is 0 Å². The smallest absolute Gasteiger partial charge is 0.223 e. The molecule has 0 saturated carbocycles. The first-order valence-electron chi connectivity index (χ1n) is 19.6. The summed E-state index contributed by atoms with van der Waals surface area (Å²) in [6, 6.07) is 57.8. The number of fused-ring (bicyclic) bond motifs is 21. The number of rotatable bonds is 2. The van der Waals surface area contributed by atoms with E-state index in [4.69, 9.17) is 21.6 Å². The number of para-hydroxylation sites is 1. The normalized spacial score (nSPS) is 12.5. The number of benzene rings is 9. The minimum atomic E-state index is 0.258. The lowest BCUT2D eigenvalue weighted by atomic mass is 9.98. The number of thiophene rings is 3. The first kappa shape index (κ1) is 32.5. The number of hydrogen-bond acceptors (Lipinski definition) is 5. The summed E-state index contributed by atoms with van der Waals surface area (Å²) in [6.07, 6.45) is 0. The Labute approximate surface area is 352 Å². The van der Waals surface area contributed by atoms with Gasteiger partial charge in [0, 0.05) is 83.2 Å². The Bertz CT molecular complexity index is 4170. The van der Waals surface area contributed by atoms with Crippen molar-refractivity contribution in [2.24, 2.45) is 0 Å². The predicted octanol–water partition coefficient (Wildman–Crippen LogP) is 16.5. The zero-order valence-corrected chi connectivity index (χ0v) is 34.2. The van der Waals surface area contributed by atoms with Crippen molar-refractivity contribution in [3.8, 4) is 16.9 Å². The lowest BCUT2D eigenvalue weighted by Crippen LogP contribution is -1.94. The van der Waals surface area contributed by atoms with E-state index in [1.165, 1.54) is 99.2 Å². The highest BCUT2D eigenvalue weighted by molar-refractivity contribution is 7.28. The van der Waals surface area contributed by atoms with Crippen LogP contribution in [0.1, 0.15) is 0 Å². The largest absolute Gasteiger partial charge is 0.309 e. The fraction of sp³-hybridized carbons (Fsp3) is 0. The molecule has 5 aromatic heterocycles. The third-order valence-electron chi connectivity index (χ3n) is 12.3. The molecule has 0 saturated heterocycles. The monoisotopic (exact) mass is 823 g/mol. The van der Waals surface area contributed by atoms with Crippen LogP contribution in [-0.4, -0.2) is 14.5 Å². The quantitative estimate of drug-likeness (QED) is 0.128. The van der Waals surface area contributed by atoms with Gasteiger partial charge < -0.3 is 4.57 Å². The van der Waals surface area contributed by atoms with Gasteiger partial charge in [0.25, 0.3) is 0 Å². The van der Waals surface area contributed by atoms with E-state index >= 15 is 0 Å². The van der Waals surface area contributed by atoms with Crippen molar-refractivity contribution in [1.82, 2.24) is 14.5 Å². The van der Waals surface area contributed by atoms with Gasteiger partial charge >= 0.3 is 0 Å². The first-order chi connectivity index (χ1) is 29.2. The van der Waals surface area contributed by atoms with Crippen LogP contribution in [0.3, 0.4) is 0 Å². The van der Waals surface area contributed by atoms with Crippen molar-refractivity contribution in [1.29, 1.82) is 0 Å². The van der Waals surface area contributed by atoms with E-state index in [9.17, 15) is 0 Å². The highest BCUT2D eigenvalue weighted by atomic mass is 35.5. The molecule has 14 aromatic rings. The molecule has 0 atom stereocenters. The van der Waals surface area contributed by atoms with Crippen LogP contribution in [0.25, 0.3) is 132 Å². The molecule has 0 radical (unpaired) electrons. The second-order valence-electron chi connectivity index (χ2n) is 15.3. The minimum absolute atomic E-state index is 0.258.